The van der Waals surface area contributed by atoms with E-state index in [1.165, 1.54) is 5.56 Å². The van der Waals surface area contributed by atoms with Gasteiger partial charge in [0.15, 0.2) is 0 Å². The standard InChI is InChI=1S/C13H18O2S/c1-3-11(12-8-9-16-10-12)6-5-7-13(14)15-4-2/h3,8-11H,1,4-7H2,2H3/t11-/m1/s1. The zero-order chi connectivity index (χ0) is 11.8. The first-order valence-electron chi connectivity index (χ1n) is 5.58. The van der Waals surface area contributed by atoms with Gasteiger partial charge in [-0.15, -0.1) is 6.58 Å². The number of thiophene rings is 1. The first-order chi connectivity index (χ1) is 7.77. The average molecular weight is 238 g/mol. The normalized spacial score (nSPS) is 12.1. The Kier molecular flexibility index (Phi) is 5.86. The Morgan fingerprint density at radius 2 is 2.50 bits per heavy atom. The molecule has 1 rings (SSSR count). The smallest absolute Gasteiger partial charge is 0.305 e. The predicted octanol–water partition coefficient (Wildman–Crippen LogP) is 3.75. The summed E-state index contributed by atoms with van der Waals surface area (Å²) < 4.78 is 4.89. The number of carbonyl (C=O) groups excluding carboxylic acids is 1. The molecule has 1 heterocycles. The number of hydrogen-bond donors (Lipinski definition) is 0. The molecule has 0 amide bonds. The maximum absolute atomic E-state index is 11.2. The van der Waals surface area contributed by atoms with Crippen molar-refractivity contribution in [3.63, 3.8) is 0 Å². The van der Waals surface area contributed by atoms with Gasteiger partial charge < -0.3 is 4.74 Å². The van der Waals surface area contributed by atoms with Crippen molar-refractivity contribution in [2.45, 2.75) is 32.1 Å². The second-order valence-corrected chi connectivity index (χ2v) is 4.38. The number of allylic oxidation sites excluding steroid dienone is 1. The average Bonchev–Trinajstić information content (AvgIpc) is 2.78. The summed E-state index contributed by atoms with van der Waals surface area (Å²) in [6.45, 7) is 6.14. The van der Waals surface area contributed by atoms with Gasteiger partial charge in [-0.05, 0) is 42.2 Å². The number of hydrogen-bond acceptors (Lipinski definition) is 3. The summed E-state index contributed by atoms with van der Waals surface area (Å²) in [6.07, 6.45) is 4.26. The monoisotopic (exact) mass is 238 g/mol. The van der Waals surface area contributed by atoms with Crippen LogP contribution in [-0.2, 0) is 9.53 Å². The molecule has 1 aromatic rings. The Labute approximate surface area is 101 Å². The number of ether oxygens (including phenoxy) is 1. The lowest BCUT2D eigenvalue weighted by Gasteiger charge is -2.10. The molecule has 0 N–H and O–H groups in total. The molecule has 0 fully saturated rings. The number of rotatable bonds is 7. The maximum atomic E-state index is 11.2. The Morgan fingerprint density at radius 1 is 1.69 bits per heavy atom. The van der Waals surface area contributed by atoms with E-state index < -0.39 is 0 Å². The fourth-order valence-electron chi connectivity index (χ4n) is 1.61. The molecule has 0 aromatic carbocycles. The van der Waals surface area contributed by atoms with Crippen molar-refractivity contribution in [1.29, 1.82) is 0 Å². The van der Waals surface area contributed by atoms with Crippen LogP contribution in [0.1, 0.15) is 37.7 Å². The minimum absolute atomic E-state index is 0.101. The van der Waals surface area contributed by atoms with Crippen LogP contribution in [0.3, 0.4) is 0 Å². The van der Waals surface area contributed by atoms with E-state index in [1.807, 2.05) is 13.0 Å². The van der Waals surface area contributed by atoms with Gasteiger partial charge >= 0.3 is 5.97 Å². The lowest BCUT2D eigenvalue weighted by molar-refractivity contribution is -0.143. The predicted molar refractivity (Wildman–Crippen MR) is 67.7 cm³/mol. The van der Waals surface area contributed by atoms with Crippen LogP contribution in [0.5, 0.6) is 0 Å². The summed E-state index contributed by atoms with van der Waals surface area (Å²) in [5, 5.41) is 4.20. The molecule has 16 heavy (non-hydrogen) atoms. The van der Waals surface area contributed by atoms with Gasteiger partial charge in [0.2, 0.25) is 0 Å². The van der Waals surface area contributed by atoms with Gasteiger partial charge in [-0.25, -0.2) is 0 Å². The summed E-state index contributed by atoms with van der Waals surface area (Å²) in [5.41, 5.74) is 1.30. The first kappa shape index (κ1) is 13.0. The van der Waals surface area contributed by atoms with Crippen LogP contribution in [0.2, 0.25) is 0 Å². The van der Waals surface area contributed by atoms with Gasteiger partial charge in [-0.1, -0.05) is 6.08 Å². The van der Waals surface area contributed by atoms with E-state index in [0.29, 0.717) is 18.9 Å². The van der Waals surface area contributed by atoms with Crippen molar-refractivity contribution >= 4 is 17.3 Å². The molecule has 0 bridgehead atoms. The van der Waals surface area contributed by atoms with Crippen molar-refractivity contribution in [3.05, 3.63) is 35.0 Å². The largest absolute Gasteiger partial charge is 0.466 e. The maximum Gasteiger partial charge on any atom is 0.305 e. The molecule has 1 aromatic heterocycles. The Bertz CT molecular complexity index is 317. The second kappa shape index (κ2) is 7.23. The topological polar surface area (TPSA) is 26.3 Å². The summed E-state index contributed by atoms with van der Waals surface area (Å²) in [7, 11) is 0. The Hall–Kier alpha value is -1.09. The van der Waals surface area contributed by atoms with Gasteiger partial charge in [0, 0.05) is 12.3 Å². The fourth-order valence-corrected chi connectivity index (χ4v) is 2.33. The third kappa shape index (κ3) is 4.19. The quantitative estimate of drug-likeness (QED) is 0.534. The summed E-state index contributed by atoms with van der Waals surface area (Å²) in [6, 6.07) is 2.11. The Balaban J connectivity index is 2.30. The summed E-state index contributed by atoms with van der Waals surface area (Å²) in [5.74, 6) is 0.260. The van der Waals surface area contributed by atoms with E-state index in [9.17, 15) is 4.79 Å². The molecule has 0 aliphatic rings. The first-order valence-corrected chi connectivity index (χ1v) is 6.52. The van der Waals surface area contributed by atoms with Crippen LogP contribution in [0.4, 0.5) is 0 Å². The molecular formula is C13H18O2S. The van der Waals surface area contributed by atoms with Crippen LogP contribution in [0.25, 0.3) is 0 Å². The van der Waals surface area contributed by atoms with Crippen molar-refractivity contribution in [2.75, 3.05) is 6.61 Å². The minimum atomic E-state index is -0.101. The molecule has 0 aliphatic carbocycles. The molecule has 88 valence electrons. The van der Waals surface area contributed by atoms with E-state index >= 15 is 0 Å². The van der Waals surface area contributed by atoms with Crippen LogP contribution in [0.15, 0.2) is 29.5 Å². The van der Waals surface area contributed by atoms with E-state index in [4.69, 9.17) is 4.74 Å². The third-order valence-corrected chi connectivity index (χ3v) is 3.16. The van der Waals surface area contributed by atoms with Gasteiger partial charge in [-0.3, -0.25) is 4.79 Å². The van der Waals surface area contributed by atoms with Crippen LogP contribution in [-0.4, -0.2) is 12.6 Å². The summed E-state index contributed by atoms with van der Waals surface area (Å²) in [4.78, 5) is 11.2. The molecule has 0 saturated carbocycles. The highest BCUT2D eigenvalue weighted by Crippen LogP contribution is 2.25. The van der Waals surface area contributed by atoms with Crippen LogP contribution in [0, 0.1) is 0 Å². The minimum Gasteiger partial charge on any atom is -0.466 e. The highest BCUT2D eigenvalue weighted by molar-refractivity contribution is 7.07. The van der Waals surface area contributed by atoms with E-state index in [2.05, 4.69) is 23.4 Å². The van der Waals surface area contributed by atoms with Gasteiger partial charge in [-0.2, -0.15) is 11.3 Å². The number of esters is 1. The van der Waals surface area contributed by atoms with Crippen molar-refractivity contribution in [1.82, 2.24) is 0 Å². The second-order valence-electron chi connectivity index (χ2n) is 3.60. The zero-order valence-corrected chi connectivity index (χ0v) is 10.5. The lowest BCUT2D eigenvalue weighted by atomic mass is 9.96. The molecule has 0 aliphatic heterocycles. The van der Waals surface area contributed by atoms with Gasteiger partial charge in [0.05, 0.1) is 6.61 Å². The molecule has 2 nitrogen and oxygen atoms in total. The molecule has 0 radical (unpaired) electrons. The molecule has 0 unspecified atom stereocenters. The molecule has 0 saturated heterocycles. The molecule has 1 atom stereocenters. The zero-order valence-electron chi connectivity index (χ0n) is 9.65. The lowest BCUT2D eigenvalue weighted by Crippen LogP contribution is -2.04. The van der Waals surface area contributed by atoms with E-state index in [0.717, 1.165) is 12.8 Å². The van der Waals surface area contributed by atoms with E-state index in [-0.39, 0.29) is 5.97 Å². The van der Waals surface area contributed by atoms with Crippen molar-refractivity contribution in [2.24, 2.45) is 0 Å². The van der Waals surface area contributed by atoms with Crippen LogP contribution < -0.4 is 0 Å². The fraction of sp³-hybridized carbons (Fsp3) is 0.462. The highest BCUT2D eigenvalue weighted by atomic mass is 32.1. The molecule has 0 spiro atoms. The van der Waals surface area contributed by atoms with Gasteiger partial charge in [0.1, 0.15) is 0 Å². The number of carbonyl (C=O) groups is 1. The molecular weight excluding hydrogens is 220 g/mol. The summed E-state index contributed by atoms with van der Waals surface area (Å²) >= 11 is 1.69. The van der Waals surface area contributed by atoms with Crippen LogP contribution >= 0.6 is 11.3 Å². The van der Waals surface area contributed by atoms with Crippen molar-refractivity contribution < 1.29 is 9.53 Å². The van der Waals surface area contributed by atoms with Gasteiger partial charge in [0.25, 0.3) is 0 Å². The molecule has 3 heteroatoms. The van der Waals surface area contributed by atoms with E-state index in [1.54, 1.807) is 11.3 Å². The third-order valence-electron chi connectivity index (χ3n) is 2.46. The Morgan fingerprint density at radius 3 is 3.06 bits per heavy atom. The highest BCUT2D eigenvalue weighted by Gasteiger charge is 2.09. The van der Waals surface area contributed by atoms with Crippen molar-refractivity contribution in [3.8, 4) is 0 Å². The SMILES string of the molecule is C=C[C@H](CCCC(=O)OCC)c1ccsc1.